The fraction of sp³-hybridized carbons (Fsp3) is 0.533. The lowest BCUT2D eigenvalue weighted by atomic mass is 10.3. The third-order valence-electron chi connectivity index (χ3n) is 3.69. The van der Waals surface area contributed by atoms with Crippen molar-refractivity contribution in [2.75, 3.05) is 32.7 Å². The van der Waals surface area contributed by atoms with Crippen LogP contribution in [-0.2, 0) is 14.8 Å². The average molecular weight is 325 g/mol. The van der Waals surface area contributed by atoms with Crippen LogP contribution in [0.5, 0.6) is 0 Å². The lowest BCUT2D eigenvalue weighted by Crippen LogP contribution is -2.51. The second kappa shape index (κ2) is 7.21. The second-order valence-electron chi connectivity index (χ2n) is 5.59. The van der Waals surface area contributed by atoms with Gasteiger partial charge >= 0.3 is 0 Å². The number of sulfonamides is 1. The molecule has 7 heteroatoms. The third-order valence-corrected chi connectivity index (χ3v) is 5.72. The van der Waals surface area contributed by atoms with Crippen molar-refractivity contribution >= 4 is 15.9 Å². The number of carbonyl (C=O) groups excluding carboxylic acids is 1. The van der Waals surface area contributed by atoms with E-state index in [1.165, 1.54) is 4.31 Å². The smallest absolute Gasteiger partial charge is 0.243 e. The highest BCUT2D eigenvalue weighted by Gasteiger charge is 2.30. The molecular formula is C15H23N3O3S. The van der Waals surface area contributed by atoms with Gasteiger partial charge in [0.1, 0.15) is 0 Å². The highest BCUT2D eigenvalue weighted by Crippen LogP contribution is 2.18. The van der Waals surface area contributed by atoms with Crippen LogP contribution in [0.1, 0.15) is 13.8 Å². The first-order valence-electron chi connectivity index (χ1n) is 7.48. The molecule has 22 heavy (non-hydrogen) atoms. The van der Waals surface area contributed by atoms with E-state index in [1.54, 1.807) is 49.1 Å². The van der Waals surface area contributed by atoms with Crippen LogP contribution in [0.25, 0.3) is 0 Å². The van der Waals surface area contributed by atoms with Crippen LogP contribution in [0.2, 0.25) is 0 Å². The Morgan fingerprint density at radius 2 is 1.82 bits per heavy atom. The first kappa shape index (κ1) is 16.9. The molecule has 1 fully saturated rings. The summed E-state index contributed by atoms with van der Waals surface area (Å²) in [6, 6.07) is 7.97. The SMILES string of the molecule is CC(C)N(CC(=O)N1CCNCC1)S(=O)(=O)c1ccccc1. The molecule has 0 aromatic heterocycles. The van der Waals surface area contributed by atoms with Crippen molar-refractivity contribution in [2.24, 2.45) is 0 Å². The summed E-state index contributed by atoms with van der Waals surface area (Å²) in [5.41, 5.74) is 0. The fourth-order valence-electron chi connectivity index (χ4n) is 2.42. The Morgan fingerprint density at radius 3 is 2.36 bits per heavy atom. The van der Waals surface area contributed by atoms with Crippen molar-refractivity contribution < 1.29 is 13.2 Å². The molecule has 1 N–H and O–H groups in total. The van der Waals surface area contributed by atoms with Gasteiger partial charge in [-0.15, -0.1) is 0 Å². The van der Waals surface area contributed by atoms with Crippen molar-refractivity contribution in [2.45, 2.75) is 24.8 Å². The van der Waals surface area contributed by atoms with Crippen LogP contribution in [0.3, 0.4) is 0 Å². The molecule has 0 aliphatic carbocycles. The van der Waals surface area contributed by atoms with E-state index in [0.29, 0.717) is 13.1 Å². The van der Waals surface area contributed by atoms with Crippen LogP contribution in [0, 0.1) is 0 Å². The number of nitrogens with zero attached hydrogens (tertiary/aromatic N) is 2. The summed E-state index contributed by atoms with van der Waals surface area (Å²) in [7, 11) is -3.66. The standard InChI is InChI=1S/C15H23N3O3S/c1-13(2)18(12-15(19)17-10-8-16-9-11-17)22(20,21)14-6-4-3-5-7-14/h3-7,13,16H,8-12H2,1-2H3. The maximum absolute atomic E-state index is 12.7. The molecule has 0 atom stereocenters. The molecular weight excluding hydrogens is 302 g/mol. The van der Waals surface area contributed by atoms with Gasteiger partial charge in [-0.3, -0.25) is 4.79 Å². The largest absolute Gasteiger partial charge is 0.339 e. The van der Waals surface area contributed by atoms with Crippen molar-refractivity contribution in [3.63, 3.8) is 0 Å². The number of nitrogens with one attached hydrogen (secondary N) is 1. The lowest BCUT2D eigenvalue weighted by molar-refractivity contribution is -0.132. The average Bonchev–Trinajstić information content (AvgIpc) is 2.53. The van der Waals surface area contributed by atoms with E-state index in [0.717, 1.165) is 13.1 Å². The monoisotopic (exact) mass is 325 g/mol. The molecule has 0 spiro atoms. The molecule has 122 valence electrons. The van der Waals surface area contributed by atoms with E-state index in [9.17, 15) is 13.2 Å². The molecule has 6 nitrogen and oxygen atoms in total. The molecule has 1 aromatic rings. The third kappa shape index (κ3) is 3.85. The van der Waals surface area contributed by atoms with E-state index in [1.807, 2.05) is 0 Å². The fourth-order valence-corrected chi connectivity index (χ4v) is 4.03. The molecule has 1 aromatic carbocycles. The topological polar surface area (TPSA) is 69.7 Å². The summed E-state index contributed by atoms with van der Waals surface area (Å²) in [6.07, 6.45) is 0. The number of hydrogen-bond donors (Lipinski definition) is 1. The van der Waals surface area contributed by atoms with Gasteiger partial charge < -0.3 is 10.2 Å². The summed E-state index contributed by atoms with van der Waals surface area (Å²) in [5.74, 6) is -0.144. The molecule has 1 aliphatic rings. The Kier molecular flexibility index (Phi) is 5.55. The van der Waals surface area contributed by atoms with Gasteiger partial charge in [0, 0.05) is 32.2 Å². The summed E-state index contributed by atoms with van der Waals surface area (Å²) in [5, 5.41) is 3.18. The number of hydrogen-bond acceptors (Lipinski definition) is 4. The van der Waals surface area contributed by atoms with Crippen LogP contribution < -0.4 is 5.32 Å². The summed E-state index contributed by atoms with van der Waals surface area (Å²) >= 11 is 0. The van der Waals surface area contributed by atoms with Gasteiger partial charge in [0.05, 0.1) is 11.4 Å². The molecule has 0 radical (unpaired) electrons. The van der Waals surface area contributed by atoms with Crippen molar-refractivity contribution in [3.8, 4) is 0 Å². The molecule has 2 rings (SSSR count). The van der Waals surface area contributed by atoms with Gasteiger partial charge in [0.15, 0.2) is 0 Å². The summed E-state index contributed by atoms with van der Waals surface area (Å²) in [6.45, 7) is 6.19. The van der Waals surface area contributed by atoms with Gasteiger partial charge in [-0.2, -0.15) is 4.31 Å². The maximum Gasteiger partial charge on any atom is 0.243 e. The zero-order chi connectivity index (χ0) is 16.2. The molecule has 0 saturated carbocycles. The Balaban J connectivity index is 2.18. The number of piperazine rings is 1. The predicted octanol–water partition coefficient (Wildman–Crippen LogP) is 0.518. The van der Waals surface area contributed by atoms with Crippen LogP contribution in [-0.4, -0.2) is 62.3 Å². The highest BCUT2D eigenvalue weighted by molar-refractivity contribution is 7.89. The Hall–Kier alpha value is -1.44. The maximum atomic E-state index is 12.7. The minimum atomic E-state index is -3.66. The molecule has 1 aliphatic heterocycles. The first-order chi connectivity index (χ1) is 10.4. The van der Waals surface area contributed by atoms with Gasteiger partial charge in [0.25, 0.3) is 0 Å². The predicted molar refractivity (Wildman–Crippen MR) is 84.9 cm³/mol. The minimum Gasteiger partial charge on any atom is -0.339 e. The van der Waals surface area contributed by atoms with Crippen LogP contribution in [0.4, 0.5) is 0 Å². The van der Waals surface area contributed by atoms with Crippen LogP contribution in [0.15, 0.2) is 35.2 Å². The molecule has 0 unspecified atom stereocenters. The van der Waals surface area contributed by atoms with E-state index in [-0.39, 0.29) is 23.4 Å². The Labute approximate surface area is 132 Å². The Bertz CT molecular complexity index is 596. The zero-order valence-electron chi connectivity index (χ0n) is 13.0. The number of amides is 1. The van der Waals surface area contributed by atoms with Crippen molar-refractivity contribution in [1.82, 2.24) is 14.5 Å². The van der Waals surface area contributed by atoms with E-state index >= 15 is 0 Å². The molecule has 1 saturated heterocycles. The number of benzene rings is 1. The van der Waals surface area contributed by atoms with Gasteiger partial charge in [-0.25, -0.2) is 8.42 Å². The minimum absolute atomic E-state index is 0.116. The quantitative estimate of drug-likeness (QED) is 0.857. The number of rotatable bonds is 5. The van der Waals surface area contributed by atoms with E-state index < -0.39 is 10.0 Å². The van der Waals surface area contributed by atoms with Crippen LogP contribution >= 0.6 is 0 Å². The first-order valence-corrected chi connectivity index (χ1v) is 8.92. The molecule has 1 amide bonds. The van der Waals surface area contributed by atoms with Crippen molar-refractivity contribution in [3.05, 3.63) is 30.3 Å². The molecule has 1 heterocycles. The van der Waals surface area contributed by atoms with Gasteiger partial charge in [-0.05, 0) is 26.0 Å². The second-order valence-corrected chi connectivity index (χ2v) is 7.48. The van der Waals surface area contributed by atoms with Crippen molar-refractivity contribution in [1.29, 1.82) is 0 Å². The zero-order valence-corrected chi connectivity index (χ0v) is 13.8. The number of carbonyl (C=O) groups is 1. The van der Waals surface area contributed by atoms with E-state index in [2.05, 4.69) is 5.32 Å². The lowest BCUT2D eigenvalue weighted by Gasteiger charge is -2.31. The Morgan fingerprint density at radius 1 is 1.23 bits per heavy atom. The van der Waals surface area contributed by atoms with Gasteiger partial charge in [-0.1, -0.05) is 18.2 Å². The summed E-state index contributed by atoms with van der Waals surface area (Å²) < 4.78 is 26.7. The normalized spacial score (nSPS) is 16.3. The molecule has 0 bridgehead atoms. The van der Waals surface area contributed by atoms with E-state index in [4.69, 9.17) is 0 Å². The summed E-state index contributed by atoms with van der Waals surface area (Å²) in [4.78, 5) is 14.3. The highest BCUT2D eigenvalue weighted by atomic mass is 32.2. The van der Waals surface area contributed by atoms with Gasteiger partial charge in [0.2, 0.25) is 15.9 Å².